The molecule has 0 aliphatic rings. The fraction of sp³-hybridized carbons (Fsp3) is 1.00. The van der Waals surface area contributed by atoms with Crippen molar-refractivity contribution in [3.63, 3.8) is 0 Å². The Kier molecular flexibility index (Phi) is 49.0. The van der Waals surface area contributed by atoms with E-state index >= 15 is 0 Å². The van der Waals surface area contributed by atoms with E-state index in [9.17, 15) is 0 Å². The van der Waals surface area contributed by atoms with E-state index in [0.29, 0.717) is 0 Å². The molecule has 0 atom stereocenters. The van der Waals surface area contributed by atoms with Gasteiger partial charge in [0.25, 0.3) is 0 Å². The molecule has 0 aliphatic carbocycles. The summed E-state index contributed by atoms with van der Waals surface area (Å²) in [5.74, 6) is 0. The predicted octanol–water partition coefficient (Wildman–Crippen LogP) is 9.76. The standard InChI is InChI=1S/3C2H5Cl2P.2ClH.Ru/c3*1-2-5(3)4;;;/h3*2H2,1H3;2*1H;/q;;;;;+2/p-2. The molecule has 0 aromatic carbocycles. The van der Waals surface area contributed by atoms with Crippen LogP contribution in [0.3, 0.4) is 0 Å². The van der Waals surface area contributed by atoms with Gasteiger partial charge < -0.3 is 0 Å². The van der Waals surface area contributed by atoms with Crippen LogP contribution in [0.25, 0.3) is 0 Å². The van der Waals surface area contributed by atoms with Crippen LogP contribution in [-0.4, -0.2) is 18.5 Å². The van der Waals surface area contributed by atoms with E-state index in [1.54, 1.807) is 0 Å². The van der Waals surface area contributed by atoms with Crippen molar-refractivity contribution in [1.29, 1.82) is 0 Å². The van der Waals surface area contributed by atoms with E-state index in [1.165, 1.54) is 0 Å². The summed E-state index contributed by atoms with van der Waals surface area (Å²) in [4.78, 5) is 0. The van der Waals surface area contributed by atoms with Crippen LogP contribution in [0.1, 0.15) is 20.8 Å². The van der Waals surface area contributed by atoms with Gasteiger partial charge in [0.15, 0.2) is 0 Å². The van der Waals surface area contributed by atoms with Crippen molar-refractivity contribution >= 4 is 107 Å². The monoisotopic (exact) mass is 562 g/mol. The van der Waals surface area contributed by atoms with Crippen LogP contribution in [0.5, 0.6) is 0 Å². The van der Waals surface area contributed by atoms with Crippen molar-refractivity contribution in [2.45, 2.75) is 20.8 Å². The van der Waals surface area contributed by atoms with Crippen LogP contribution in [-0.2, 0) is 15.1 Å². The van der Waals surface area contributed by atoms with E-state index in [0.717, 1.165) is 18.5 Å². The quantitative estimate of drug-likeness (QED) is 0.236. The first-order valence-corrected chi connectivity index (χ1v) is 18.8. The number of hydrogen-bond donors (Lipinski definition) is 0. The molecule has 0 aromatic rings. The average Bonchev–Trinajstić information content (AvgIpc) is 2.31. The summed E-state index contributed by atoms with van der Waals surface area (Å²) >= 11 is 31.4. The van der Waals surface area contributed by atoms with Crippen molar-refractivity contribution in [1.82, 2.24) is 0 Å². The first-order valence-electron chi connectivity index (χ1n) is 4.35. The Labute approximate surface area is 159 Å². The summed E-state index contributed by atoms with van der Waals surface area (Å²) in [6.45, 7) is 3.93. The molecule has 0 aliphatic heterocycles. The summed E-state index contributed by atoms with van der Waals surface area (Å²) in [5, 5.41) is 0. The maximum atomic E-state index is 5.29. The van der Waals surface area contributed by atoms with E-state index in [2.05, 4.69) is 0 Å². The molecule has 0 unspecified atom stereocenters. The molecule has 0 saturated carbocycles. The van der Waals surface area contributed by atoms with Crippen LogP contribution in [0.4, 0.5) is 0 Å². The van der Waals surface area contributed by atoms with Gasteiger partial charge in [0.1, 0.15) is 0 Å². The molecular weight excluding hydrogens is 550 g/mol. The first kappa shape index (κ1) is 30.2. The zero-order chi connectivity index (χ0) is 15.6. The second kappa shape index (κ2) is 29.3. The Morgan fingerprint density at radius 3 is 0.667 bits per heavy atom. The number of hydrogen-bond acceptors (Lipinski definition) is 0. The maximum absolute atomic E-state index is 5.29. The topological polar surface area (TPSA) is 0 Å². The Morgan fingerprint density at radius 2 is 0.667 bits per heavy atom. The minimum absolute atomic E-state index is 0.346. The Morgan fingerprint density at radius 1 is 0.611 bits per heavy atom. The molecule has 0 rings (SSSR count). The third-order valence-electron chi connectivity index (χ3n) is 0.717. The Bertz CT molecular complexity index is 102. The van der Waals surface area contributed by atoms with E-state index in [4.69, 9.17) is 86.8 Å². The molecule has 0 spiro atoms. The van der Waals surface area contributed by atoms with Gasteiger partial charge in [-0.1, -0.05) is 88.2 Å². The molecule has 18 heavy (non-hydrogen) atoms. The van der Waals surface area contributed by atoms with Gasteiger partial charge in [-0.3, -0.25) is 0 Å². The molecule has 118 valence electrons. The van der Waals surface area contributed by atoms with Gasteiger partial charge in [-0.15, -0.1) is 0 Å². The average molecular weight is 565 g/mol. The summed E-state index contributed by atoms with van der Waals surface area (Å²) in [7, 11) is 9.71. The fourth-order valence-electron chi connectivity index (χ4n) is 0. The summed E-state index contributed by atoms with van der Waals surface area (Å²) < 4.78 is 0. The van der Waals surface area contributed by atoms with Crippen LogP contribution in [0.15, 0.2) is 0 Å². The van der Waals surface area contributed by atoms with Crippen LogP contribution in [0.2, 0.25) is 0 Å². The molecule has 0 fully saturated rings. The van der Waals surface area contributed by atoms with Crippen molar-refractivity contribution in [3.05, 3.63) is 0 Å². The third kappa shape index (κ3) is 71.5. The van der Waals surface area contributed by atoms with Crippen molar-refractivity contribution in [3.8, 4) is 0 Å². The van der Waals surface area contributed by atoms with Gasteiger partial charge in [0, 0.05) is 0 Å². The summed E-state index contributed by atoms with van der Waals surface area (Å²) in [5.41, 5.74) is 0. The SMILES string of the molecule is CCP(Cl)Cl.CCP(Cl)Cl.CCP(Cl)Cl.[Cl][Ru][Cl]. The number of halogens is 8. The van der Waals surface area contributed by atoms with Crippen LogP contribution < -0.4 is 0 Å². The van der Waals surface area contributed by atoms with E-state index < -0.39 is 19.9 Å². The normalized spacial score (nSPS) is 9.22. The molecule has 0 amide bonds. The molecule has 0 saturated heterocycles. The molecular formula is C6H15Cl8P3Ru. The van der Waals surface area contributed by atoms with Gasteiger partial charge in [0.2, 0.25) is 0 Å². The molecule has 0 bridgehead atoms. The molecule has 12 heteroatoms. The van der Waals surface area contributed by atoms with Gasteiger partial charge >= 0.3 is 34.5 Å². The number of rotatable bonds is 3. The predicted molar refractivity (Wildman–Crippen MR) is 99.2 cm³/mol. The minimum atomic E-state index is -0.654. The zero-order valence-electron chi connectivity index (χ0n) is 9.84. The molecule has 0 aromatic heterocycles. The van der Waals surface area contributed by atoms with Gasteiger partial charge in [-0.2, -0.15) is 0 Å². The fourth-order valence-corrected chi connectivity index (χ4v) is 0. The van der Waals surface area contributed by atoms with Gasteiger partial charge in [0.05, 0.1) is 19.9 Å². The molecule has 0 N–H and O–H groups in total. The van der Waals surface area contributed by atoms with Crippen LogP contribution in [0, 0.1) is 0 Å². The molecule has 0 heterocycles. The van der Waals surface area contributed by atoms with Gasteiger partial charge in [-0.25, -0.2) is 0 Å². The van der Waals surface area contributed by atoms with Crippen LogP contribution >= 0.6 is 107 Å². The van der Waals surface area contributed by atoms with Crippen molar-refractivity contribution in [2.75, 3.05) is 18.5 Å². The zero-order valence-corrected chi connectivity index (χ0v) is 20.3. The summed E-state index contributed by atoms with van der Waals surface area (Å²) in [6, 6.07) is 0. The van der Waals surface area contributed by atoms with Gasteiger partial charge in [-0.05, 0) is 18.5 Å². The van der Waals surface area contributed by atoms with E-state index in [1.807, 2.05) is 20.8 Å². The van der Waals surface area contributed by atoms with E-state index in [-0.39, 0.29) is 15.1 Å². The Balaban J connectivity index is -0.0000000739. The first-order chi connectivity index (χ1) is 8.22. The molecule has 0 radical (unpaired) electrons. The molecule has 0 nitrogen and oxygen atoms in total. The third-order valence-corrected chi connectivity index (χ3v) is 6.45. The van der Waals surface area contributed by atoms with Crippen molar-refractivity contribution in [2.24, 2.45) is 0 Å². The summed E-state index contributed by atoms with van der Waals surface area (Å²) in [6.07, 6.45) is 2.70. The van der Waals surface area contributed by atoms with Crippen molar-refractivity contribution < 1.29 is 15.1 Å². The second-order valence-electron chi connectivity index (χ2n) is 1.91. The Hall–Kier alpha value is 4.23. The second-order valence-corrected chi connectivity index (χ2v) is 17.2.